The van der Waals surface area contributed by atoms with Gasteiger partial charge in [-0.05, 0) is 19.1 Å². The predicted molar refractivity (Wildman–Crippen MR) is 63.4 cm³/mol. The maximum absolute atomic E-state index is 12.0. The van der Waals surface area contributed by atoms with Gasteiger partial charge in [-0.1, -0.05) is 0 Å². The highest BCUT2D eigenvalue weighted by Crippen LogP contribution is 2.15. The lowest BCUT2D eigenvalue weighted by atomic mass is 10.3. The molecule has 0 spiro atoms. The number of aromatic nitrogens is 4. The minimum absolute atomic E-state index is 0.302. The number of hydrogen-bond donors (Lipinski definition) is 1. The first-order chi connectivity index (χ1) is 9.26. The smallest absolute Gasteiger partial charge is 0.228 e. The zero-order valence-corrected chi connectivity index (χ0v) is 10.2. The van der Waals surface area contributed by atoms with Crippen LogP contribution in [0.2, 0.25) is 0 Å². The molecule has 7 nitrogen and oxygen atoms in total. The second-order valence-corrected chi connectivity index (χ2v) is 3.64. The molecule has 0 aliphatic carbocycles. The zero-order valence-electron chi connectivity index (χ0n) is 10.2. The van der Waals surface area contributed by atoms with Gasteiger partial charge in [0.25, 0.3) is 0 Å². The Kier molecular flexibility index (Phi) is 4.01. The largest absolute Gasteiger partial charge is 0.461 e. The standard InChI is InChI=1S/C11H12FN5O2/c1-8(15-7-18)11-14-6-16-17(11)10-3-2-9(4-13-10)19-5-12/h2-4,6-8H,5H2,1H3,(H,15,18). The van der Waals surface area contributed by atoms with Crippen molar-refractivity contribution < 1.29 is 13.9 Å². The molecule has 100 valence electrons. The van der Waals surface area contributed by atoms with Crippen LogP contribution >= 0.6 is 0 Å². The highest BCUT2D eigenvalue weighted by atomic mass is 19.1. The van der Waals surface area contributed by atoms with E-state index in [1.807, 2.05) is 0 Å². The second kappa shape index (κ2) is 5.89. The molecule has 0 aliphatic rings. The third-order valence-corrected chi connectivity index (χ3v) is 2.44. The number of alkyl halides is 1. The molecule has 1 N–H and O–H groups in total. The van der Waals surface area contributed by atoms with Crippen LogP contribution in [-0.2, 0) is 4.79 Å². The molecule has 2 aromatic heterocycles. The summed E-state index contributed by atoms with van der Waals surface area (Å²) in [5.41, 5.74) is 0. The van der Waals surface area contributed by atoms with E-state index in [1.54, 1.807) is 19.1 Å². The Hall–Kier alpha value is -2.51. The lowest BCUT2D eigenvalue weighted by molar-refractivity contribution is -0.110. The fourth-order valence-corrected chi connectivity index (χ4v) is 1.54. The highest BCUT2D eigenvalue weighted by Gasteiger charge is 2.14. The molecule has 2 aromatic rings. The third-order valence-electron chi connectivity index (χ3n) is 2.44. The molecule has 1 unspecified atom stereocenters. The molecule has 1 amide bonds. The molecule has 0 aromatic carbocycles. The van der Waals surface area contributed by atoms with Gasteiger partial charge in [0.2, 0.25) is 13.3 Å². The number of pyridine rings is 1. The summed E-state index contributed by atoms with van der Waals surface area (Å²) in [6.07, 6.45) is 3.35. The van der Waals surface area contributed by atoms with E-state index in [4.69, 9.17) is 0 Å². The average molecular weight is 265 g/mol. The quantitative estimate of drug-likeness (QED) is 0.780. The van der Waals surface area contributed by atoms with E-state index in [9.17, 15) is 9.18 Å². The molecule has 0 bridgehead atoms. The van der Waals surface area contributed by atoms with Gasteiger partial charge in [0.15, 0.2) is 11.6 Å². The van der Waals surface area contributed by atoms with Crippen LogP contribution in [0.3, 0.4) is 0 Å². The second-order valence-electron chi connectivity index (χ2n) is 3.64. The topological polar surface area (TPSA) is 81.9 Å². The van der Waals surface area contributed by atoms with Gasteiger partial charge in [0, 0.05) is 0 Å². The first-order valence-electron chi connectivity index (χ1n) is 5.51. The number of carbonyl (C=O) groups excluding carboxylic acids is 1. The third kappa shape index (κ3) is 2.84. The number of nitrogens with zero attached hydrogens (tertiary/aromatic N) is 4. The van der Waals surface area contributed by atoms with Gasteiger partial charge in [-0.15, -0.1) is 0 Å². The van der Waals surface area contributed by atoms with Crippen molar-refractivity contribution in [1.82, 2.24) is 25.1 Å². The lowest BCUT2D eigenvalue weighted by Gasteiger charge is -2.11. The van der Waals surface area contributed by atoms with Crippen LogP contribution in [0.1, 0.15) is 18.8 Å². The number of halogens is 1. The van der Waals surface area contributed by atoms with Crippen LogP contribution in [0.5, 0.6) is 5.75 Å². The Morgan fingerprint density at radius 1 is 1.53 bits per heavy atom. The SMILES string of the molecule is CC(NC=O)c1ncnn1-c1ccc(OCF)cn1. The summed E-state index contributed by atoms with van der Waals surface area (Å²) in [5.74, 6) is 1.36. The summed E-state index contributed by atoms with van der Waals surface area (Å²) in [6.45, 7) is 0.866. The Morgan fingerprint density at radius 3 is 3.00 bits per heavy atom. The molecule has 2 rings (SSSR count). The fourth-order valence-electron chi connectivity index (χ4n) is 1.54. The Labute approximate surface area is 108 Å². The summed E-state index contributed by atoms with van der Waals surface area (Å²) < 4.78 is 18.1. The van der Waals surface area contributed by atoms with Crippen molar-refractivity contribution in [3.8, 4) is 11.6 Å². The Bertz CT molecular complexity index is 542. The fraction of sp³-hybridized carbons (Fsp3) is 0.273. The van der Waals surface area contributed by atoms with E-state index in [2.05, 4.69) is 25.1 Å². The van der Waals surface area contributed by atoms with Crippen molar-refractivity contribution >= 4 is 6.41 Å². The molecule has 0 fully saturated rings. The van der Waals surface area contributed by atoms with E-state index in [-0.39, 0.29) is 6.04 Å². The van der Waals surface area contributed by atoms with E-state index >= 15 is 0 Å². The van der Waals surface area contributed by atoms with E-state index in [0.717, 1.165) is 0 Å². The van der Waals surface area contributed by atoms with Crippen LogP contribution in [0.15, 0.2) is 24.7 Å². The van der Waals surface area contributed by atoms with Gasteiger partial charge in [0.1, 0.15) is 12.1 Å². The molecular formula is C11H12FN5O2. The Balaban J connectivity index is 2.26. The van der Waals surface area contributed by atoms with Gasteiger partial charge in [-0.3, -0.25) is 4.79 Å². The summed E-state index contributed by atoms with van der Waals surface area (Å²) >= 11 is 0. The van der Waals surface area contributed by atoms with Gasteiger partial charge < -0.3 is 10.1 Å². The molecule has 0 aliphatic heterocycles. The monoisotopic (exact) mass is 265 g/mol. The summed E-state index contributed by atoms with van der Waals surface area (Å²) in [7, 11) is 0. The summed E-state index contributed by atoms with van der Waals surface area (Å²) in [6, 6.07) is 2.89. The molecule has 1 atom stereocenters. The minimum Gasteiger partial charge on any atom is -0.461 e. The zero-order chi connectivity index (χ0) is 13.7. The van der Waals surface area contributed by atoms with E-state index in [0.29, 0.717) is 23.8 Å². The van der Waals surface area contributed by atoms with Crippen LogP contribution in [-0.4, -0.2) is 33.0 Å². The van der Waals surface area contributed by atoms with Gasteiger partial charge in [-0.2, -0.15) is 9.78 Å². The number of ether oxygens (including phenoxy) is 1. The lowest BCUT2D eigenvalue weighted by Crippen LogP contribution is -2.20. The number of carbonyl (C=O) groups is 1. The molecule has 0 radical (unpaired) electrons. The average Bonchev–Trinajstić information content (AvgIpc) is 2.89. The van der Waals surface area contributed by atoms with Gasteiger partial charge in [-0.25, -0.2) is 14.4 Å². The summed E-state index contributed by atoms with van der Waals surface area (Å²) in [5, 5.41) is 6.62. The maximum atomic E-state index is 12.0. The number of rotatable bonds is 6. The van der Waals surface area contributed by atoms with E-state index in [1.165, 1.54) is 17.2 Å². The first kappa shape index (κ1) is 12.9. The normalized spacial score (nSPS) is 11.9. The van der Waals surface area contributed by atoms with Crippen LogP contribution in [0, 0.1) is 0 Å². The minimum atomic E-state index is -0.907. The first-order valence-corrected chi connectivity index (χ1v) is 5.51. The maximum Gasteiger partial charge on any atom is 0.228 e. The molecular weight excluding hydrogens is 253 g/mol. The van der Waals surface area contributed by atoms with Crippen molar-refractivity contribution in [2.24, 2.45) is 0 Å². The number of hydrogen-bond acceptors (Lipinski definition) is 5. The van der Waals surface area contributed by atoms with Crippen LogP contribution < -0.4 is 10.1 Å². The summed E-state index contributed by atoms with van der Waals surface area (Å²) in [4.78, 5) is 18.6. The number of amides is 1. The van der Waals surface area contributed by atoms with Crippen molar-refractivity contribution in [3.05, 3.63) is 30.5 Å². The molecule has 19 heavy (non-hydrogen) atoms. The van der Waals surface area contributed by atoms with Crippen molar-refractivity contribution in [2.45, 2.75) is 13.0 Å². The van der Waals surface area contributed by atoms with Crippen molar-refractivity contribution in [3.63, 3.8) is 0 Å². The molecule has 0 saturated heterocycles. The van der Waals surface area contributed by atoms with E-state index < -0.39 is 6.86 Å². The predicted octanol–water partition coefficient (Wildman–Crippen LogP) is 0.775. The van der Waals surface area contributed by atoms with Gasteiger partial charge in [0.05, 0.1) is 12.2 Å². The van der Waals surface area contributed by atoms with Gasteiger partial charge >= 0.3 is 0 Å². The van der Waals surface area contributed by atoms with Crippen LogP contribution in [0.4, 0.5) is 4.39 Å². The van der Waals surface area contributed by atoms with Crippen molar-refractivity contribution in [2.75, 3.05) is 6.86 Å². The molecule has 0 saturated carbocycles. The molecule has 8 heteroatoms. The number of nitrogens with one attached hydrogen (secondary N) is 1. The van der Waals surface area contributed by atoms with Crippen LogP contribution in [0.25, 0.3) is 5.82 Å². The Morgan fingerprint density at radius 2 is 2.37 bits per heavy atom. The highest BCUT2D eigenvalue weighted by molar-refractivity contribution is 5.47. The molecule has 2 heterocycles. The van der Waals surface area contributed by atoms with Crippen molar-refractivity contribution in [1.29, 1.82) is 0 Å².